The highest BCUT2D eigenvalue weighted by molar-refractivity contribution is 5.82. The molecule has 0 fully saturated rings. The molecule has 0 amide bonds. The molecule has 114 valence electrons. The van der Waals surface area contributed by atoms with Gasteiger partial charge < -0.3 is 4.74 Å². The van der Waals surface area contributed by atoms with E-state index in [2.05, 4.69) is 25.4 Å². The quantitative estimate of drug-likeness (QED) is 0.510. The number of rotatable bonds is 3. The van der Waals surface area contributed by atoms with E-state index in [4.69, 9.17) is 4.74 Å². The fourth-order valence-corrected chi connectivity index (χ4v) is 2.36. The number of methoxy groups -OCH3 is 1. The molecule has 3 heterocycles. The molecule has 0 unspecified atom stereocenters. The summed E-state index contributed by atoms with van der Waals surface area (Å²) in [6.45, 7) is 0. The minimum absolute atomic E-state index is 0.00170. The van der Waals surface area contributed by atoms with Crippen molar-refractivity contribution in [2.75, 3.05) is 7.11 Å². The summed E-state index contributed by atoms with van der Waals surface area (Å²) in [6.07, 6.45) is 1.40. The first kappa shape index (κ1) is 13.3. The number of ether oxygens (including phenoxy) is 1. The van der Waals surface area contributed by atoms with Gasteiger partial charge in [0.1, 0.15) is 12.0 Å². The van der Waals surface area contributed by atoms with E-state index in [9.17, 15) is 4.79 Å². The van der Waals surface area contributed by atoms with Crippen molar-refractivity contribution in [2.45, 2.75) is 6.42 Å². The van der Waals surface area contributed by atoms with Crippen molar-refractivity contribution in [1.82, 2.24) is 34.6 Å². The lowest BCUT2D eigenvalue weighted by molar-refractivity contribution is -0.139. The largest absolute Gasteiger partial charge is 0.469 e. The third-order valence-corrected chi connectivity index (χ3v) is 3.42. The molecule has 4 aromatic rings. The second-order valence-electron chi connectivity index (χ2n) is 4.79. The Morgan fingerprint density at radius 2 is 2.04 bits per heavy atom. The second-order valence-corrected chi connectivity index (χ2v) is 4.79. The van der Waals surface area contributed by atoms with Gasteiger partial charge in [-0.25, -0.2) is 4.68 Å². The molecule has 9 heteroatoms. The molecule has 0 aliphatic heterocycles. The van der Waals surface area contributed by atoms with Gasteiger partial charge in [-0.2, -0.15) is 19.7 Å². The minimum Gasteiger partial charge on any atom is -0.469 e. The molecular weight excluding hydrogens is 298 g/mol. The summed E-state index contributed by atoms with van der Waals surface area (Å²) in [7, 11) is 1.33. The number of benzene rings is 1. The Morgan fingerprint density at radius 1 is 1.22 bits per heavy atom. The predicted octanol–water partition coefficient (Wildman–Crippen LogP) is 0.574. The molecule has 0 N–H and O–H groups in total. The highest BCUT2D eigenvalue weighted by Crippen LogP contribution is 2.20. The molecule has 1 aromatic carbocycles. The Balaban J connectivity index is 2.04. The fourth-order valence-electron chi connectivity index (χ4n) is 2.36. The normalized spacial score (nSPS) is 11.2. The number of nitrogens with zero attached hydrogens (tertiary/aromatic N) is 7. The van der Waals surface area contributed by atoms with E-state index in [0.717, 1.165) is 5.69 Å². The average molecular weight is 309 g/mol. The Hall–Kier alpha value is -3.36. The molecule has 0 saturated carbocycles. The topological polar surface area (TPSA) is 100 Å². The van der Waals surface area contributed by atoms with E-state index in [-0.39, 0.29) is 6.42 Å². The summed E-state index contributed by atoms with van der Waals surface area (Å²) in [6, 6.07) is 9.51. The maximum Gasteiger partial charge on any atom is 0.311 e. The van der Waals surface area contributed by atoms with Crippen LogP contribution in [0.3, 0.4) is 0 Å². The van der Waals surface area contributed by atoms with Crippen LogP contribution >= 0.6 is 0 Å². The standard InChI is InChI=1S/C14H11N7O2/c1-23-11(22)7-10-12-13(21-14(18-17-12)15-8-16-21)20(19-10)9-5-3-2-4-6-9/h2-6,8H,7H2,1H3. The zero-order valence-corrected chi connectivity index (χ0v) is 12.1. The Labute approximate surface area is 129 Å². The van der Waals surface area contributed by atoms with Crippen molar-refractivity contribution in [2.24, 2.45) is 0 Å². The highest BCUT2D eigenvalue weighted by Gasteiger charge is 2.20. The molecule has 0 aliphatic carbocycles. The van der Waals surface area contributed by atoms with Gasteiger partial charge in [0.25, 0.3) is 5.78 Å². The number of carbonyl (C=O) groups is 1. The van der Waals surface area contributed by atoms with E-state index in [1.807, 2.05) is 30.3 Å². The van der Waals surface area contributed by atoms with Gasteiger partial charge in [0, 0.05) is 0 Å². The van der Waals surface area contributed by atoms with Crippen LogP contribution in [0.2, 0.25) is 0 Å². The molecule has 3 aromatic heterocycles. The van der Waals surface area contributed by atoms with Gasteiger partial charge in [-0.1, -0.05) is 18.2 Å². The summed E-state index contributed by atoms with van der Waals surface area (Å²) in [5, 5.41) is 16.8. The number of hydrogen-bond acceptors (Lipinski definition) is 7. The first-order valence-corrected chi connectivity index (χ1v) is 6.84. The van der Waals surface area contributed by atoms with Crippen LogP contribution in [-0.2, 0) is 16.0 Å². The smallest absolute Gasteiger partial charge is 0.311 e. The SMILES string of the molecule is COC(=O)Cc1nn(-c2ccccc2)c2c1nnc1ncnn12. The van der Waals surface area contributed by atoms with Crippen LogP contribution in [0.1, 0.15) is 5.69 Å². The number of carbonyl (C=O) groups excluding carboxylic acids is 1. The van der Waals surface area contributed by atoms with E-state index < -0.39 is 5.97 Å². The predicted molar refractivity (Wildman–Crippen MR) is 78.9 cm³/mol. The van der Waals surface area contributed by atoms with Gasteiger partial charge in [0.2, 0.25) is 0 Å². The van der Waals surface area contributed by atoms with E-state index in [1.165, 1.54) is 13.4 Å². The molecule has 0 aliphatic rings. The van der Waals surface area contributed by atoms with Gasteiger partial charge in [-0.15, -0.1) is 10.2 Å². The Bertz CT molecular complexity index is 1010. The second kappa shape index (κ2) is 5.13. The summed E-state index contributed by atoms with van der Waals surface area (Å²) in [4.78, 5) is 15.7. The van der Waals surface area contributed by atoms with Gasteiger partial charge in [-0.05, 0) is 12.1 Å². The first-order chi connectivity index (χ1) is 11.3. The number of hydrogen-bond donors (Lipinski definition) is 0. The van der Waals surface area contributed by atoms with Crippen LogP contribution < -0.4 is 0 Å². The monoisotopic (exact) mass is 309 g/mol. The van der Waals surface area contributed by atoms with Gasteiger partial charge >= 0.3 is 5.97 Å². The molecule has 0 saturated heterocycles. The fraction of sp³-hybridized carbons (Fsp3) is 0.143. The number of esters is 1. The number of fused-ring (bicyclic) bond motifs is 3. The van der Waals surface area contributed by atoms with Crippen LogP contribution in [0.25, 0.3) is 22.6 Å². The van der Waals surface area contributed by atoms with Crippen molar-refractivity contribution in [3.63, 3.8) is 0 Å². The van der Waals surface area contributed by atoms with Crippen LogP contribution in [0.15, 0.2) is 36.7 Å². The highest BCUT2D eigenvalue weighted by atomic mass is 16.5. The van der Waals surface area contributed by atoms with Crippen molar-refractivity contribution >= 4 is 22.9 Å². The van der Waals surface area contributed by atoms with E-state index in [0.29, 0.717) is 22.6 Å². The molecule has 0 radical (unpaired) electrons. The van der Waals surface area contributed by atoms with Gasteiger partial charge in [-0.3, -0.25) is 4.79 Å². The third kappa shape index (κ3) is 2.09. The average Bonchev–Trinajstić information content (AvgIpc) is 3.19. The number of para-hydroxylation sites is 1. The summed E-state index contributed by atoms with van der Waals surface area (Å²) < 4.78 is 7.93. The Morgan fingerprint density at radius 3 is 2.83 bits per heavy atom. The van der Waals surface area contributed by atoms with Gasteiger partial charge in [0.15, 0.2) is 11.2 Å². The lowest BCUT2D eigenvalue weighted by atomic mass is 10.3. The summed E-state index contributed by atoms with van der Waals surface area (Å²) >= 11 is 0. The van der Waals surface area contributed by atoms with Crippen molar-refractivity contribution < 1.29 is 9.53 Å². The molecule has 4 rings (SSSR count). The lowest BCUT2D eigenvalue weighted by Crippen LogP contribution is -2.06. The lowest BCUT2D eigenvalue weighted by Gasteiger charge is -2.02. The molecule has 0 atom stereocenters. The molecule has 0 bridgehead atoms. The first-order valence-electron chi connectivity index (χ1n) is 6.84. The minimum atomic E-state index is -0.398. The van der Waals surface area contributed by atoms with Crippen molar-refractivity contribution in [3.05, 3.63) is 42.4 Å². The van der Waals surface area contributed by atoms with Gasteiger partial charge in [0.05, 0.1) is 19.2 Å². The zero-order valence-electron chi connectivity index (χ0n) is 12.1. The van der Waals surface area contributed by atoms with Crippen molar-refractivity contribution in [3.8, 4) is 5.69 Å². The third-order valence-electron chi connectivity index (χ3n) is 3.42. The molecule has 0 spiro atoms. The molecule has 9 nitrogen and oxygen atoms in total. The van der Waals surface area contributed by atoms with Crippen LogP contribution in [0.5, 0.6) is 0 Å². The summed E-state index contributed by atoms with van der Waals surface area (Å²) in [5.74, 6) is -0.0377. The Kier molecular flexibility index (Phi) is 2.97. The zero-order chi connectivity index (χ0) is 15.8. The van der Waals surface area contributed by atoms with Crippen LogP contribution in [0.4, 0.5) is 0 Å². The van der Waals surface area contributed by atoms with Crippen LogP contribution in [0, 0.1) is 0 Å². The molecular formula is C14H11N7O2. The van der Waals surface area contributed by atoms with E-state index in [1.54, 1.807) is 9.20 Å². The van der Waals surface area contributed by atoms with Crippen LogP contribution in [-0.4, -0.2) is 47.7 Å². The maximum absolute atomic E-state index is 11.6. The van der Waals surface area contributed by atoms with E-state index >= 15 is 0 Å². The van der Waals surface area contributed by atoms with Crippen molar-refractivity contribution in [1.29, 1.82) is 0 Å². The maximum atomic E-state index is 11.6. The molecule has 23 heavy (non-hydrogen) atoms. The number of aromatic nitrogens is 7. The summed E-state index contributed by atoms with van der Waals surface area (Å²) in [5.41, 5.74) is 2.37.